The van der Waals surface area contributed by atoms with E-state index in [1.54, 1.807) is 22.7 Å². The van der Waals surface area contributed by atoms with Crippen molar-refractivity contribution in [1.82, 2.24) is 5.32 Å². The highest BCUT2D eigenvalue weighted by Gasteiger charge is 2.07. The molecule has 102 valence electrons. The topological polar surface area (TPSA) is 29.1 Å². The van der Waals surface area contributed by atoms with Crippen molar-refractivity contribution < 1.29 is 4.79 Å². The van der Waals surface area contributed by atoms with Crippen LogP contribution < -0.4 is 5.32 Å². The summed E-state index contributed by atoms with van der Waals surface area (Å²) in [6, 6.07) is 10.2. The number of thiophene rings is 3. The van der Waals surface area contributed by atoms with Crippen molar-refractivity contribution >= 4 is 39.9 Å². The van der Waals surface area contributed by atoms with Crippen molar-refractivity contribution in [2.24, 2.45) is 0 Å². The van der Waals surface area contributed by atoms with E-state index in [-0.39, 0.29) is 5.91 Å². The molecular weight excluding hydrogens is 306 g/mol. The first-order valence-corrected chi connectivity index (χ1v) is 8.90. The molecule has 0 unspecified atom stereocenters. The minimum Gasteiger partial charge on any atom is -0.351 e. The van der Waals surface area contributed by atoms with E-state index in [2.05, 4.69) is 34.3 Å². The van der Waals surface area contributed by atoms with Crippen LogP contribution in [0, 0.1) is 0 Å². The minimum atomic E-state index is 0.0228. The van der Waals surface area contributed by atoms with Crippen molar-refractivity contribution in [3.63, 3.8) is 0 Å². The van der Waals surface area contributed by atoms with Gasteiger partial charge in [-0.25, -0.2) is 0 Å². The summed E-state index contributed by atoms with van der Waals surface area (Å²) in [4.78, 5) is 15.2. The number of rotatable bonds is 5. The molecule has 5 heteroatoms. The third-order valence-corrected chi connectivity index (χ3v) is 5.62. The lowest BCUT2D eigenvalue weighted by Crippen LogP contribution is -2.24. The highest BCUT2D eigenvalue weighted by Crippen LogP contribution is 2.29. The fraction of sp³-hybridized carbons (Fsp3) is 0.133. The van der Waals surface area contributed by atoms with Crippen LogP contribution in [-0.2, 0) is 6.42 Å². The van der Waals surface area contributed by atoms with Gasteiger partial charge in [0.1, 0.15) is 0 Å². The molecule has 0 fully saturated rings. The smallest absolute Gasteiger partial charge is 0.261 e. The van der Waals surface area contributed by atoms with E-state index in [0.29, 0.717) is 6.54 Å². The van der Waals surface area contributed by atoms with Crippen LogP contribution in [0.25, 0.3) is 10.4 Å². The Morgan fingerprint density at radius 1 is 1.15 bits per heavy atom. The molecule has 3 rings (SSSR count). The number of carbonyl (C=O) groups excluding carboxylic acids is 1. The molecule has 0 aliphatic heterocycles. The first-order valence-electron chi connectivity index (χ1n) is 6.26. The van der Waals surface area contributed by atoms with Crippen LogP contribution in [0.5, 0.6) is 0 Å². The molecule has 0 spiro atoms. The third kappa shape index (κ3) is 3.17. The van der Waals surface area contributed by atoms with E-state index >= 15 is 0 Å². The van der Waals surface area contributed by atoms with Crippen molar-refractivity contribution in [3.05, 3.63) is 56.2 Å². The monoisotopic (exact) mass is 319 g/mol. The average molecular weight is 319 g/mol. The zero-order chi connectivity index (χ0) is 13.8. The first-order chi connectivity index (χ1) is 9.83. The van der Waals surface area contributed by atoms with Crippen molar-refractivity contribution in [3.8, 4) is 10.4 Å². The summed E-state index contributed by atoms with van der Waals surface area (Å²) in [6.07, 6.45) is 0.881. The highest BCUT2D eigenvalue weighted by molar-refractivity contribution is 7.16. The maximum Gasteiger partial charge on any atom is 0.261 e. The lowest BCUT2D eigenvalue weighted by Gasteiger charge is -2.01. The van der Waals surface area contributed by atoms with Crippen molar-refractivity contribution in [2.75, 3.05) is 6.54 Å². The van der Waals surface area contributed by atoms with Crippen molar-refractivity contribution in [1.29, 1.82) is 0 Å². The molecular formula is C15H13NOS3. The molecule has 0 saturated heterocycles. The van der Waals surface area contributed by atoms with Crippen LogP contribution in [-0.4, -0.2) is 12.5 Å². The first kappa shape index (κ1) is 13.5. The van der Waals surface area contributed by atoms with Gasteiger partial charge in [0.15, 0.2) is 0 Å². The lowest BCUT2D eigenvalue weighted by atomic mass is 10.3. The molecule has 0 aliphatic carbocycles. The average Bonchev–Trinajstić information content (AvgIpc) is 3.20. The number of carbonyl (C=O) groups is 1. The van der Waals surface area contributed by atoms with E-state index < -0.39 is 0 Å². The van der Waals surface area contributed by atoms with Crippen LogP contribution in [0.15, 0.2) is 46.5 Å². The van der Waals surface area contributed by atoms with E-state index in [0.717, 1.165) is 11.3 Å². The predicted molar refractivity (Wildman–Crippen MR) is 88.0 cm³/mol. The third-order valence-electron chi connectivity index (χ3n) is 2.87. The van der Waals surface area contributed by atoms with Gasteiger partial charge in [0.05, 0.1) is 4.88 Å². The summed E-state index contributed by atoms with van der Waals surface area (Å²) >= 11 is 4.98. The quantitative estimate of drug-likeness (QED) is 0.736. The van der Waals surface area contributed by atoms with Crippen LogP contribution >= 0.6 is 34.0 Å². The van der Waals surface area contributed by atoms with Gasteiger partial charge in [-0.1, -0.05) is 6.07 Å². The summed E-state index contributed by atoms with van der Waals surface area (Å²) < 4.78 is 0. The molecule has 3 heterocycles. The van der Waals surface area contributed by atoms with Gasteiger partial charge in [-0.05, 0) is 46.8 Å². The standard InChI is InChI=1S/C15H13NOS3/c17-15(14-2-1-8-19-14)16-7-5-12-3-4-13(20-12)11-6-9-18-10-11/h1-4,6,8-10H,5,7H2,(H,16,17). The van der Waals surface area contributed by atoms with Gasteiger partial charge in [-0.15, -0.1) is 22.7 Å². The Bertz CT molecular complexity index is 668. The summed E-state index contributed by atoms with van der Waals surface area (Å²) in [6.45, 7) is 0.681. The lowest BCUT2D eigenvalue weighted by molar-refractivity contribution is 0.0958. The Kier molecular flexibility index (Phi) is 4.30. The molecule has 2 nitrogen and oxygen atoms in total. The molecule has 3 aromatic rings. The molecule has 0 aliphatic rings. The second kappa shape index (κ2) is 6.35. The molecule has 1 N–H and O–H groups in total. The number of amides is 1. The minimum absolute atomic E-state index is 0.0228. The second-order valence-electron chi connectivity index (χ2n) is 4.26. The molecule has 0 radical (unpaired) electrons. The van der Waals surface area contributed by atoms with Gasteiger partial charge in [0.25, 0.3) is 5.91 Å². The van der Waals surface area contributed by atoms with Gasteiger partial charge in [-0.2, -0.15) is 11.3 Å². The van der Waals surface area contributed by atoms with E-state index in [1.165, 1.54) is 26.7 Å². The van der Waals surface area contributed by atoms with E-state index in [9.17, 15) is 4.79 Å². The zero-order valence-electron chi connectivity index (χ0n) is 10.7. The predicted octanol–water partition coefficient (Wildman–Crippen LogP) is 4.51. The number of nitrogens with one attached hydrogen (secondary N) is 1. The zero-order valence-corrected chi connectivity index (χ0v) is 13.1. The van der Waals surface area contributed by atoms with E-state index in [4.69, 9.17) is 0 Å². The molecule has 1 amide bonds. The van der Waals surface area contributed by atoms with E-state index in [1.807, 2.05) is 17.5 Å². The number of hydrogen-bond acceptors (Lipinski definition) is 4. The molecule has 0 saturated carbocycles. The summed E-state index contributed by atoms with van der Waals surface area (Å²) in [5.41, 5.74) is 1.29. The molecule has 0 aromatic carbocycles. The number of hydrogen-bond donors (Lipinski definition) is 1. The van der Waals surface area contributed by atoms with Gasteiger partial charge in [-0.3, -0.25) is 4.79 Å². The Hall–Kier alpha value is -1.43. The van der Waals surface area contributed by atoms with Gasteiger partial charge in [0.2, 0.25) is 0 Å². The molecule has 20 heavy (non-hydrogen) atoms. The Morgan fingerprint density at radius 2 is 2.10 bits per heavy atom. The second-order valence-corrected chi connectivity index (χ2v) is 7.16. The summed E-state index contributed by atoms with van der Waals surface area (Å²) in [7, 11) is 0. The van der Waals surface area contributed by atoms with Crippen molar-refractivity contribution in [2.45, 2.75) is 6.42 Å². The van der Waals surface area contributed by atoms with Crippen LogP contribution in [0.3, 0.4) is 0 Å². The van der Waals surface area contributed by atoms with Gasteiger partial charge < -0.3 is 5.32 Å². The Balaban J connectivity index is 1.53. The molecule has 0 atom stereocenters. The maximum absolute atomic E-state index is 11.8. The summed E-state index contributed by atoms with van der Waals surface area (Å²) in [5, 5.41) is 9.13. The Labute approximate surface area is 129 Å². The molecule has 0 bridgehead atoms. The highest BCUT2D eigenvalue weighted by atomic mass is 32.1. The fourth-order valence-corrected chi connectivity index (χ4v) is 4.24. The van der Waals surface area contributed by atoms with Crippen LogP contribution in [0.2, 0.25) is 0 Å². The van der Waals surface area contributed by atoms with Gasteiger partial charge >= 0.3 is 0 Å². The summed E-state index contributed by atoms with van der Waals surface area (Å²) in [5.74, 6) is 0.0228. The SMILES string of the molecule is O=C(NCCc1ccc(-c2ccsc2)s1)c1cccs1. The van der Waals surface area contributed by atoms with Gasteiger partial charge in [0, 0.05) is 21.9 Å². The largest absolute Gasteiger partial charge is 0.351 e. The molecule has 3 aromatic heterocycles. The Morgan fingerprint density at radius 3 is 2.85 bits per heavy atom. The van der Waals surface area contributed by atoms with Crippen LogP contribution in [0.1, 0.15) is 14.5 Å². The fourth-order valence-electron chi connectivity index (χ4n) is 1.87. The normalized spacial score (nSPS) is 10.6. The maximum atomic E-state index is 11.8. The van der Waals surface area contributed by atoms with Crippen LogP contribution in [0.4, 0.5) is 0 Å².